The van der Waals surface area contributed by atoms with Crippen molar-refractivity contribution in [2.75, 3.05) is 19.7 Å². The van der Waals surface area contributed by atoms with Gasteiger partial charge in [-0.15, -0.1) is 0 Å². The number of carbonyl (C=O) groups is 1. The number of rotatable bonds is 7. The molecule has 0 atom stereocenters. The third kappa shape index (κ3) is 5.31. The van der Waals surface area contributed by atoms with Gasteiger partial charge in [-0.2, -0.15) is 0 Å². The van der Waals surface area contributed by atoms with Crippen LogP contribution in [0.25, 0.3) is 0 Å². The first-order valence-corrected chi connectivity index (χ1v) is 6.20. The van der Waals surface area contributed by atoms with E-state index in [4.69, 9.17) is 4.74 Å². The van der Waals surface area contributed by atoms with E-state index in [1.54, 1.807) is 0 Å². The van der Waals surface area contributed by atoms with E-state index in [9.17, 15) is 4.79 Å². The molecule has 0 radical (unpaired) electrons. The van der Waals surface area contributed by atoms with E-state index >= 15 is 0 Å². The van der Waals surface area contributed by atoms with Crippen molar-refractivity contribution in [1.82, 2.24) is 4.90 Å². The molecule has 92 valence electrons. The van der Waals surface area contributed by atoms with Crippen LogP contribution < -0.4 is 0 Å². The summed E-state index contributed by atoms with van der Waals surface area (Å²) >= 11 is 0. The Hall–Kier alpha value is -0.830. The lowest BCUT2D eigenvalue weighted by molar-refractivity contribution is -0.137. The topological polar surface area (TPSA) is 29.5 Å². The summed E-state index contributed by atoms with van der Waals surface area (Å²) in [6.07, 6.45) is 6.17. The summed E-state index contributed by atoms with van der Waals surface area (Å²) in [5.74, 6) is 0.649. The van der Waals surface area contributed by atoms with E-state index in [0.29, 0.717) is 12.6 Å². The zero-order valence-electron chi connectivity index (χ0n) is 10.6. The molecule has 3 heteroatoms. The van der Waals surface area contributed by atoms with Crippen LogP contribution in [0.1, 0.15) is 33.6 Å². The van der Waals surface area contributed by atoms with Crippen molar-refractivity contribution >= 4 is 5.97 Å². The molecule has 1 aliphatic rings. The zero-order valence-corrected chi connectivity index (χ0v) is 10.6. The van der Waals surface area contributed by atoms with Gasteiger partial charge >= 0.3 is 5.97 Å². The Bertz CT molecular complexity index is 244. The van der Waals surface area contributed by atoms with Gasteiger partial charge in [0.1, 0.15) is 0 Å². The fourth-order valence-electron chi connectivity index (χ4n) is 1.60. The fourth-order valence-corrected chi connectivity index (χ4v) is 1.60. The van der Waals surface area contributed by atoms with E-state index in [-0.39, 0.29) is 5.97 Å². The third-order valence-electron chi connectivity index (χ3n) is 2.80. The molecule has 0 N–H and O–H groups in total. The first-order valence-electron chi connectivity index (χ1n) is 6.20. The van der Waals surface area contributed by atoms with Crippen LogP contribution in [0, 0.1) is 5.92 Å². The van der Waals surface area contributed by atoms with Crippen LogP contribution >= 0.6 is 0 Å². The van der Waals surface area contributed by atoms with Gasteiger partial charge in [0, 0.05) is 25.2 Å². The van der Waals surface area contributed by atoms with Crippen LogP contribution in [0.4, 0.5) is 0 Å². The molecule has 1 rings (SSSR count). The highest BCUT2D eigenvalue weighted by atomic mass is 16.5. The highest BCUT2D eigenvalue weighted by Gasteiger charge is 2.24. The summed E-state index contributed by atoms with van der Waals surface area (Å²) in [5, 5.41) is 0. The quantitative estimate of drug-likeness (QED) is 0.491. The molecule has 0 amide bonds. The number of hydrogen-bond acceptors (Lipinski definition) is 3. The van der Waals surface area contributed by atoms with Crippen LogP contribution in [0.3, 0.4) is 0 Å². The van der Waals surface area contributed by atoms with Crippen LogP contribution in [0.5, 0.6) is 0 Å². The Morgan fingerprint density at radius 3 is 2.69 bits per heavy atom. The lowest BCUT2D eigenvalue weighted by Crippen LogP contribution is -2.33. The average molecular weight is 225 g/mol. The van der Waals surface area contributed by atoms with Crippen molar-refractivity contribution < 1.29 is 9.53 Å². The van der Waals surface area contributed by atoms with Crippen LogP contribution in [0.15, 0.2) is 12.2 Å². The van der Waals surface area contributed by atoms with E-state index in [1.165, 1.54) is 18.9 Å². The lowest BCUT2D eigenvalue weighted by atomic mass is 10.2. The summed E-state index contributed by atoms with van der Waals surface area (Å²) in [5.41, 5.74) is 0. The Kier molecular flexibility index (Phi) is 5.53. The molecule has 0 aliphatic heterocycles. The summed E-state index contributed by atoms with van der Waals surface area (Å²) in [7, 11) is 0. The zero-order chi connectivity index (χ0) is 12.0. The molecular formula is C13H23NO2. The van der Waals surface area contributed by atoms with E-state index < -0.39 is 0 Å². The molecule has 0 aromatic carbocycles. The summed E-state index contributed by atoms with van der Waals surface area (Å²) in [6, 6.07) is 0.535. The summed E-state index contributed by atoms with van der Waals surface area (Å²) in [4.78, 5) is 13.5. The van der Waals surface area contributed by atoms with Gasteiger partial charge < -0.3 is 4.74 Å². The number of carbonyl (C=O) groups excluding carboxylic acids is 1. The second-order valence-electron chi connectivity index (χ2n) is 4.65. The number of nitrogens with zero attached hydrogens (tertiary/aromatic N) is 1. The predicted octanol–water partition coefficient (Wildman–Crippen LogP) is 2.23. The van der Waals surface area contributed by atoms with E-state index in [2.05, 4.69) is 18.7 Å². The molecule has 0 spiro atoms. The average Bonchev–Trinajstić information content (AvgIpc) is 3.00. The minimum Gasteiger partial charge on any atom is -0.463 e. The van der Waals surface area contributed by atoms with Gasteiger partial charge in [0.25, 0.3) is 0 Å². The predicted molar refractivity (Wildman–Crippen MR) is 65.2 cm³/mol. The second kappa shape index (κ2) is 6.69. The minimum absolute atomic E-state index is 0.238. The molecule has 0 heterocycles. The van der Waals surface area contributed by atoms with Crippen molar-refractivity contribution in [3.63, 3.8) is 0 Å². The van der Waals surface area contributed by atoms with Gasteiger partial charge in [-0.25, -0.2) is 4.79 Å². The normalized spacial score (nSPS) is 16.3. The minimum atomic E-state index is -0.238. The van der Waals surface area contributed by atoms with E-state index in [0.717, 1.165) is 19.0 Å². The lowest BCUT2D eigenvalue weighted by Gasteiger charge is -2.24. The molecule has 16 heavy (non-hydrogen) atoms. The maximum atomic E-state index is 11.1. The Labute approximate surface area is 98.5 Å². The number of esters is 1. The molecule has 0 aromatic rings. The molecule has 0 saturated heterocycles. The summed E-state index contributed by atoms with van der Waals surface area (Å²) in [6.45, 7) is 8.65. The largest absolute Gasteiger partial charge is 0.463 e. The fraction of sp³-hybridized carbons (Fsp3) is 0.769. The first kappa shape index (κ1) is 13.2. The molecule has 0 aromatic heterocycles. The van der Waals surface area contributed by atoms with Crippen molar-refractivity contribution in [2.45, 2.75) is 39.7 Å². The molecule has 0 unspecified atom stereocenters. The standard InChI is InChI=1S/C13H23NO2/c1-4-16-13(15)6-5-9-14(11(2)3)10-12-7-8-12/h5-6,11-12H,4,7-10H2,1-3H3/b6-5+. The van der Waals surface area contributed by atoms with Gasteiger partial charge in [0.15, 0.2) is 0 Å². The van der Waals surface area contributed by atoms with Gasteiger partial charge in [0.2, 0.25) is 0 Å². The molecule has 3 nitrogen and oxygen atoms in total. The van der Waals surface area contributed by atoms with Crippen molar-refractivity contribution in [3.8, 4) is 0 Å². The van der Waals surface area contributed by atoms with E-state index in [1.807, 2.05) is 13.0 Å². The smallest absolute Gasteiger partial charge is 0.330 e. The molecular weight excluding hydrogens is 202 g/mol. The maximum absolute atomic E-state index is 11.1. The number of hydrogen-bond donors (Lipinski definition) is 0. The summed E-state index contributed by atoms with van der Waals surface area (Å²) < 4.78 is 4.83. The number of ether oxygens (including phenoxy) is 1. The Morgan fingerprint density at radius 2 is 2.19 bits per heavy atom. The van der Waals surface area contributed by atoms with Crippen LogP contribution in [-0.4, -0.2) is 36.6 Å². The maximum Gasteiger partial charge on any atom is 0.330 e. The van der Waals surface area contributed by atoms with Crippen LogP contribution in [0.2, 0.25) is 0 Å². The van der Waals surface area contributed by atoms with Gasteiger partial charge in [-0.1, -0.05) is 6.08 Å². The van der Waals surface area contributed by atoms with Gasteiger partial charge in [0.05, 0.1) is 6.61 Å². The first-order chi connectivity index (χ1) is 7.63. The van der Waals surface area contributed by atoms with Gasteiger partial charge in [-0.3, -0.25) is 4.90 Å². The SMILES string of the molecule is CCOC(=O)/C=C/CN(CC1CC1)C(C)C. The highest BCUT2D eigenvalue weighted by Crippen LogP contribution is 2.30. The molecule has 1 aliphatic carbocycles. The highest BCUT2D eigenvalue weighted by molar-refractivity contribution is 5.81. The van der Waals surface area contributed by atoms with Crippen molar-refractivity contribution in [1.29, 1.82) is 0 Å². The van der Waals surface area contributed by atoms with Crippen molar-refractivity contribution in [3.05, 3.63) is 12.2 Å². The molecule has 1 saturated carbocycles. The van der Waals surface area contributed by atoms with Gasteiger partial charge in [-0.05, 0) is 39.5 Å². The Morgan fingerprint density at radius 1 is 1.50 bits per heavy atom. The molecule has 0 bridgehead atoms. The monoisotopic (exact) mass is 225 g/mol. The second-order valence-corrected chi connectivity index (χ2v) is 4.65. The third-order valence-corrected chi connectivity index (χ3v) is 2.80. The Balaban J connectivity index is 2.27. The molecule has 1 fully saturated rings. The van der Waals surface area contributed by atoms with Crippen molar-refractivity contribution in [2.24, 2.45) is 5.92 Å². The van der Waals surface area contributed by atoms with Crippen LogP contribution in [-0.2, 0) is 9.53 Å².